The molecule has 0 unspecified atom stereocenters. The number of nitrogens with zero attached hydrogens (tertiary/aromatic N) is 2. The highest BCUT2D eigenvalue weighted by Crippen LogP contribution is 2.59. The zero-order valence-electron chi connectivity index (χ0n) is 11.0. The van der Waals surface area contributed by atoms with E-state index >= 15 is 0 Å². The molecule has 1 aromatic rings. The number of carbonyl (C=O) groups is 1. The van der Waals surface area contributed by atoms with Crippen LogP contribution in [-0.4, -0.2) is 27.0 Å². The summed E-state index contributed by atoms with van der Waals surface area (Å²) in [5.74, 6) is 1.11. The quantitative estimate of drug-likeness (QED) is 0.645. The molecular formula is C13H13N3O4S. The number of hydrogen-bond acceptors (Lipinski definition) is 5. The summed E-state index contributed by atoms with van der Waals surface area (Å²) in [5.41, 5.74) is 0.314. The summed E-state index contributed by atoms with van der Waals surface area (Å²) in [4.78, 5) is 25.8. The Kier molecular flexibility index (Phi) is 3.32. The molecule has 1 fully saturated rings. The van der Waals surface area contributed by atoms with E-state index < -0.39 is 16.6 Å². The van der Waals surface area contributed by atoms with Crippen molar-refractivity contribution in [3.63, 3.8) is 0 Å². The lowest BCUT2D eigenvalue weighted by atomic mass is 10.0. The fraction of sp³-hybridized carbons (Fsp3) is 0.385. The second kappa shape index (κ2) is 5.03. The first-order valence-electron chi connectivity index (χ1n) is 6.49. The zero-order valence-corrected chi connectivity index (χ0v) is 11.8. The number of benzene rings is 1. The Morgan fingerprint density at radius 3 is 3.10 bits per heavy atom. The molecule has 1 amide bonds. The van der Waals surface area contributed by atoms with Crippen molar-refractivity contribution in [2.45, 2.75) is 18.4 Å². The molecule has 8 heteroatoms. The van der Waals surface area contributed by atoms with Crippen molar-refractivity contribution in [2.24, 2.45) is 10.9 Å². The van der Waals surface area contributed by atoms with E-state index in [2.05, 4.69) is 10.3 Å². The van der Waals surface area contributed by atoms with Crippen LogP contribution in [-0.2, 0) is 5.54 Å². The zero-order chi connectivity index (χ0) is 15.0. The van der Waals surface area contributed by atoms with Crippen LogP contribution in [0.3, 0.4) is 0 Å². The first-order valence-corrected chi connectivity index (χ1v) is 7.47. The van der Waals surface area contributed by atoms with E-state index in [0.29, 0.717) is 11.1 Å². The Hall–Kier alpha value is -2.09. The Bertz CT molecular complexity index is 648. The summed E-state index contributed by atoms with van der Waals surface area (Å²) in [5, 5.41) is 22.4. The lowest BCUT2D eigenvalue weighted by Gasteiger charge is -2.13. The predicted molar refractivity (Wildman–Crippen MR) is 78.6 cm³/mol. The standard InChI is InChI=1S/C13H13N3O4S/c17-12(18)14-11-15-13(7-9(13)4-5-21-11)8-2-1-3-10(6-8)16(19)20/h1-3,6,9H,4-5,7H2,(H,14,15)(H,17,18)/t9-,13-/m1/s1. The highest BCUT2D eigenvalue weighted by Gasteiger charge is 2.56. The number of non-ortho nitro benzene ring substituents is 1. The van der Waals surface area contributed by atoms with Gasteiger partial charge in [-0.2, -0.15) is 0 Å². The van der Waals surface area contributed by atoms with E-state index in [1.807, 2.05) is 6.07 Å². The minimum absolute atomic E-state index is 0.0346. The van der Waals surface area contributed by atoms with Gasteiger partial charge in [0.15, 0.2) is 5.17 Å². The molecule has 1 aliphatic carbocycles. The van der Waals surface area contributed by atoms with Crippen LogP contribution in [0.25, 0.3) is 0 Å². The Balaban J connectivity index is 1.97. The maximum atomic E-state index is 10.9. The topological polar surface area (TPSA) is 105 Å². The number of aliphatic imine (C=N–C) groups is 1. The van der Waals surface area contributed by atoms with E-state index in [-0.39, 0.29) is 5.69 Å². The highest BCUT2D eigenvalue weighted by atomic mass is 32.2. The number of thioether (sulfide) groups is 1. The first-order chi connectivity index (χ1) is 10.0. The average molecular weight is 307 g/mol. The second-order valence-electron chi connectivity index (χ2n) is 5.12. The molecule has 1 aliphatic heterocycles. The van der Waals surface area contributed by atoms with Crippen molar-refractivity contribution >= 4 is 28.7 Å². The number of nitrogens with one attached hydrogen (secondary N) is 1. The Labute approximate surface area is 124 Å². The van der Waals surface area contributed by atoms with Crippen molar-refractivity contribution < 1.29 is 14.8 Å². The Morgan fingerprint density at radius 2 is 2.38 bits per heavy atom. The highest BCUT2D eigenvalue weighted by molar-refractivity contribution is 8.13. The number of rotatable bonds is 2. The first kappa shape index (κ1) is 13.9. The molecule has 0 aromatic heterocycles. The van der Waals surface area contributed by atoms with Gasteiger partial charge in [-0.15, -0.1) is 0 Å². The van der Waals surface area contributed by atoms with Gasteiger partial charge in [0.05, 0.1) is 10.5 Å². The summed E-state index contributed by atoms with van der Waals surface area (Å²) in [6, 6.07) is 6.46. The number of amidine groups is 1. The van der Waals surface area contributed by atoms with E-state index in [0.717, 1.165) is 24.2 Å². The largest absolute Gasteiger partial charge is 0.465 e. The van der Waals surface area contributed by atoms with Crippen LogP contribution in [0.2, 0.25) is 0 Å². The van der Waals surface area contributed by atoms with Gasteiger partial charge in [0, 0.05) is 17.9 Å². The molecular weight excluding hydrogens is 294 g/mol. The SMILES string of the molecule is O=C(O)NC1=N[C@@]2(c3cccc([N+](=O)[O-])c3)C[C@H]2CCS1. The molecule has 2 N–H and O–H groups in total. The molecule has 2 atom stereocenters. The molecule has 7 nitrogen and oxygen atoms in total. The normalized spacial score (nSPS) is 27.0. The van der Waals surface area contributed by atoms with Crippen LogP contribution in [0.5, 0.6) is 0 Å². The molecule has 0 bridgehead atoms. The number of carboxylic acid groups (broad SMARTS) is 1. The monoisotopic (exact) mass is 307 g/mol. The second-order valence-corrected chi connectivity index (χ2v) is 6.20. The van der Waals surface area contributed by atoms with Crippen LogP contribution in [0, 0.1) is 16.0 Å². The maximum absolute atomic E-state index is 10.9. The third kappa shape index (κ3) is 2.58. The van der Waals surface area contributed by atoms with Gasteiger partial charge in [0.25, 0.3) is 5.69 Å². The predicted octanol–water partition coefficient (Wildman–Crippen LogP) is 2.57. The van der Waals surface area contributed by atoms with Gasteiger partial charge < -0.3 is 5.11 Å². The fourth-order valence-corrected chi connectivity index (χ4v) is 3.75. The molecule has 0 radical (unpaired) electrons. The molecule has 1 aromatic carbocycles. The molecule has 1 heterocycles. The average Bonchev–Trinajstić information content (AvgIpc) is 3.13. The molecule has 3 rings (SSSR count). The van der Waals surface area contributed by atoms with Crippen LogP contribution >= 0.6 is 11.8 Å². The smallest absolute Gasteiger partial charge is 0.410 e. The van der Waals surface area contributed by atoms with Crippen molar-refractivity contribution in [3.8, 4) is 0 Å². The van der Waals surface area contributed by atoms with Gasteiger partial charge in [0.1, 0.15) is 0 Å². The molecule has 110 valence electrons. The van der Waals surface area contributed by atoms with Gasteiger partial charge in [-0.05, 0) is 24.3 Å². The number of nitro benzene ring substituents is 1. The fourth-order valence-electron chi connectivity index (χ4n) is 2.77. The number of amides is 1. The summed E-state index contributed by atoms with van der Waals surface area (Å²) < 4.78 is 0. The molecule has 21 heavy (non-hydrogen) atoms. The van der Waals surface area contributed by atoms with Crippen molar-refractivity contribution in [1.82, 2.24) is 5.32 Å². The molecule has 0 saturated heterocycles. The van der Waals surface area contributed by atoms with Crippen LogP contribution in [0.4, 0.5) is 10.5 Å². The summed E-state index contributed by atoms with van der Waals surface area (Å²) >= 11 is 1.37. The van der Waals surface area contributed by atoms with E-state index in [1.165, 1.54) is 23.9 Å². The lowest BCUT2D eigenvalue weighted by Crippen LogP contribution is -2.27. The number of hydrogen-bond donors (Lipinski definition) is 2. The Morgan fingerprint density at radius 1 is 1.57 bits per heavy atom. The van der Waals surface area contributed by atoms with Gasteiger partial charge in [-0.3, -0.25) is 20.4 Å². The van der Waals surface area contributed by atoms with Crippen LogP contribution in [0.15, 0.2) is 29.3 Å². The third-order valence-electron chi connectivity index (χ3n) is 3.85. The van der Waals surface area contributed by atoms with Gasteiger partial charge in [-0.1, -0.05) is 23.9 Å². The maximum Gasteiger partial charge on any atom is 0.410 e. The molecule has 2 aliphatic rings. The summed E-state index contributed by atoms with van der Waals surface area (Å²) in [7, 11) is 0. The minimum atomic E-state index is -1.14. The van der Waals surface area contributed by atoms with Gasteiger partial charge >= 0.3 is 6.09 Å². The third-order valence-corrected chi connectivity index (χ3v) is 4.76. The van der Waals surface area contributed by atoms with Crippen molar-refractivity contribution in [1.29, 1.82) is 0 Å². The van der Waals surface area contributed by atoms with E-state index in [4.69, 9.17) is 5.11 Å². The van der Waals surface area contributed by atoms with E-state index in [1.54, 1.807) is 6.07 Å². The van der Waals surface area contributed by atoms with Gasteiger partial charge in [-0.25, -0.2) is 4.79 Å². The molecule has 1 saturated carbocycles. The van der Waals surface area contributed by atoms with Crippen LogP contribution in [0.1, 0.15) is 18.4 Å². The van der Waals surface area contributed by atoms with Crippen molar-refractivity contribution in [3.05, 3.63) is 39.9 Å². The van der Waals surface area contributed by atoms with Crippen LogP contribution < -0.4 is 5.32 Å². The minimum Gasteiger partial charge on any atom is -0.465 e. The summed E-state index contributed by atoms with van der Waals surface area (Å²) in [6.45, 7) is 0. The lowest BCUT2D eigenvalue weighted by molar-refractivity contribution is -0.384. The van der Waals surface area contributed by atoms with Crippen molar-refractivity contribution in [2.75, 3.05) is 5.75 Å². The number of fused-ring (bicyclic) bond motifs is 1. The molecule has 0 spiro atoms. The van der Waals surface area contributed by atoms with E-state index in [9.17, 15) is 14.9 Å². The van der Waals surface area contributed by atoms with Gasteiger partial charge in [0.2, 0.25) is 0 Å². The summed E-state index contributed by atoms with van der Waals surface area (Å²) in [6.07, 6.45) is 0.579. The number of nitro groups is 1.